The molecule has 0 radical (unpaired) electrons. The zero-order chi connectivity index (χ0) is 16.9. The summed E-state index contributed by atoms with van der Waals surface area (Å²) in [5.74, 6) is -1.83. The van der Waals surface area contributed by atoms with Crippen LogP contribution in [0.25, 0.3) is 0 Å². The first kappa shape index (κ1) is 18.4. The zero-order valence-electron chi connectivity index (χ0n) is 13.5. The van der Waals surface area contributed by atoms with Gasteiger partial charge in [-0.25, -0.2) is 13.6 Å². The second-order valence-corrected chi connectivity index (χ2v) is 6.48. The maximum atomic E-state index is 13.1. The molecule has 1 aromatic carbocycles. The molecular weight excluding hydrogens is 290 g/mol. The van der Waals surface area contributed by atoms with Gasteiger partial charge >= 0.3 is 6.03 Å². The molecule has 0 spiro atoms. The summed E-state index contributed by atoms with van der Waals surface area (Å²) in [6.45, 7) is 6.21. The van der Waals surface area contributed by atoms with E-state index in [0.717, 1.165) is 12.1 Å². The number of rotatable bonds is 6. The Kier molecular flexibility index (Phi) is 6.29. The van der Waals surface area contributed by atoms with E-state index >= 15 is 0 Å². The molecule has 22 heavy (non-hydrogen) atoms. The molecule has 0 saturated heterocycles. The van der Waals surface area contributed by atoms with Gasteiger partial charge in [0.2, 0.25) is 0 Å². The molecule has 1 atom stereocenters. The molecular formula is C16H24F2N2O2. The summed E-state index contributed by atoms with van der Waals surface area (Å²) in [6.07, 6.45) is 0.131. The van der Waals surface area contributed by atoms with E-state index in [-0.39, 0.29) is 18.0 Å². The quantitative estimate of drug-likeness (QED) is 0.848. The Labute approximate surface area is 130 Å². The third kappa shape index (κ3) is 5.97. The smallest absolute Gasteiger partial charge is 0.317 e. The molecule has 0 aliphatic heterocycles. The van der Waals surface area contributed by atoms with Gasteiger partial charge in [-0.1, -0.05) is 19.9 Å². The second-order valence-electron chi connectivity index (χ2n) is 6.48. The maximum absolute atomic E-state index is 13.1. The van der Waals surface area contributed by atoms with Crippen LogP contribution >= 0.6 is 0 Å². The van der Waals surface area contributed by atoms with Crippen LogP contribution in [0, 0.1) is 17.0 Å². The molecule has 2 amide bonds. The van der Waals surface area contributed by atoms with Gasteiger partial charge in [0, 0.05) is 20.1 Å². The molecule has 0 aromatic heterocycles. The number of halogens is 2. The van der Waals surface area contributed by atoms with E-state index in [1.165, 1.54) is 11.0 Å². The minimum Gasteiger partial charge on any atom is -0.393 e. The number of hydrogen-bond acceptors (Lipinski definition) is 2. The van der Waals surface area contributed by atoms with Crippen molar-refractivity contribution in [2.75, 3.05) is 13.6 Å². The van der Waals surface area contributed by atoms with E-state index in [9.17, 15) is 18.7 Å². The van der Waals surface area contributed by atoms with E-state index in [1.807, 2.05) is 13.8 Å². The summed E-state index contributed by atoms with van der Waals surface area (Å²) in [7, 11) is 1.58. The highest BCUT2D eigenvalue weighted by molar-refractivity contribution is 5.73. The monoisotopic (exact) mass is 314 g/mol. The third-order valence-electron chi connectivity index (χ3n) is 3.32. The summed E-state index contributed by atoms with van der Waals surface area (Å²) >= 11 is 0. The van der Waals surface area contributed by atoms with Crippen molar-refractivity contribution in [3.05, 3.63) is 35.4 Å². The minimum atomic E-state index is -0.927. The molecule has 0 aliphatic rings. The number of nitrogens with zero attached hydrogens (tertiary/aromatic N) is 1. The lowest BCUT2D eigenvalue weighted by molar-refractivity contribution is 0.127. The van der Waals surface area contributed by atoms with Gasteiger partial charge in [-0.15, -0.1) is 0 Å². The molecule has 1 unspecified atom stereocenters. The topological polar surface area (TPSA) is 52.6 Å². The van der Waals surface area contributed by atoms with Crippen molar-refractivity contribution in [2.45, 2.75) is 39.8 Å². The van der Waals surface area contributed by atoms with Crippen LogP contribution in [0.15, 0.2) is 18.2 Å². The van der Waals surface area contributed by atoms with Gasteiger partial charge < -0.3 is 15.3 Å². The van der Waals surface area contributed by atoms with Crippen LogP contribution in [0.3, 0.4) is 0 Å². The van der Waals surface area contributed by atoms with Crippen LogP contribution in [0.2, 0.25) is 0 Å². The Hall–Kier alpha value is -1.69. The van der Waals surface area contributed by atoms with Crippen LogP contribution in [0.1, 0.15) is 32.8 Å². The van der Waals surface area contributed by atoms with Crippen LogP contribution in [0.5, 0.6) is 0 Å². The Morgan fingerprint density at radius 3 is 2.55 bits per heavy atom. The molecule has 6 heteroatoms. The van der Waals surface area contributed by atoms with Crippen molar-refractivity contribution < 1.29 is 18.7 Å². The SMILES string of the molecule is CC(O)CC(C)(C)CNC(=O)N(C)Cc1ccc(F)c(F)c1. The Morgan fingerprint density at radius 1 is 1.36 bits per heavy atom. The van der Waals surface area contributed by atoms with E-state index in [2.05, 4.69) is 5.32 Å². The Bertz CT molecular complexity index is 519. The highest BCUT2D eigenvalue weighted by Crippen LogP contribution is 2.21. The fraction of sp³-hybridized carbons (Fsp3) is 0.562. The zero-order valence-corrected chi connectivity index (χ0v) is 13.5. The van der Waals surface area contributed by atoms with E-state index in [0.29, 0.717) is 18.5 Å². The van der Waals surface area contributed by atoms with E-state index in [4.69, 9.17) is 0 Å². The second kappa shape index (κ2) is 7.54. The number of aliphatic hydroxyl groups is 1. The normalized spacial score (nSPS) is 12.9. The lowest BCUT2D eigenvalue weighted by atomic mass is 9.87. The number of carbonyl (C=O) groups is 1. The van der Waals surface area contributed by atoms with Crippen LogP contribution in [0.4, 0.5) is 13.6 Å². The molecule has 4 nitrogen and oxygen atoms in total. The standard InChI is InChI=1S/C16H24F2N2O2/c1-11(21)8-16(2,3)10-19-15(22)20(4)9-12-5-6-13(17)14(18)7-12/h5-7,11,21H,8-10H2,1-4H3,(H,19,22). The first-order valence-corrected chi connectivity index (χ1v) is 7.22. The minimum absolute atomic E-state index is 0.180. The molecule has 0 saturated carbocycles. The number of urea groups is 1. The van der Waals surface area contributed by atoms with E-state index < -0.39 is 17.7 Å². The summed E-state index contributed by atoms with van der Waals surface area (Å²) < 4.78 is 26.0. The van der Waals surface area contributed by atoms with E-state index in [1.54, 1.807) is 14.0 Å². The van der Waals surface area contributed by atoms with Crippen molar-refractivity contribution in [1.29, 1.82) is 0 Å². The first-order valence-electron chi connectivity index (χ1n) is 7.22. The van der Waals surface area contributed by atoms with Crippen molar-refractivity contribution in [3.8, 4) is 0 Å². The third-order valence-corrected chi connectivity index (χ3v) is 3.32. The predicted octanol–water partition coefficient (Wildman–Crippen LogP) is 2.90. The Morgan fingerprint density at radius 2 is 2.00 bits per heavy atom. The lowest BCUT2D eigenvalue weighted by Crippen LogP contribution is -2.42. The molecule has 0 aliphatic carbocycles. The summed E-state index contributed by atoms with van der Waals surface area (Å²) in [5, 5.41) is 12.2. The molecule has 1 rings (SSSR count). The highest BCUT2D eigenvalue weighted by Gasteiger charge is 2.22. The molecule has 1 aromatic rings. The van der Waals surface area contributed by atoms with Gasteiger partial charge in [-0.3, -0.25) is 0 Å². The van der Waals surface area contributed by atoms with Gasteiger partial charge in [0.1, 0.15) is 0 Å². The summed E-state index contributed by atoms with van der Waals surface area (Å²) in [5.41, 5.74) is 0.284. The number of carbonyl (C=O) groups excluding carboxylic acids is 1. The number of hydrogen-bond donors (Lipinski definition) is 2. The summed E-state index contributed by atoms with van der Waals surface area (Å²) in [6, 6.07) is 3.27. The summed E-state index contributed by atoms with van der Waals surface area (Å²) in [4.78, 5) is 13.4. The lowest BCUT2D eigenvalue weighted by Gasteiger charge is -2.28. The van der Waals surface area contributed by atoms with Gasteiger partial charge in [-0.2, -0.15) is 0 Å². The average Bonchev–Trinajstić information content (AvgIpc) is 2.39. The average molecular weight is 314 g/mol. The highest BCUT2D eigenvalue weighted by atomic mass is 19.2. The number of aliphatic hydroxyl groups excluding tert-OH is 1. The van der Waals surface area contributed by atoms with Crippen LogP contribution in [-0.2, 0) is 6.54 Å². The molecule has 2 N–H and O–H groups in total. The number of amides is 2. The number of nitrogens with one attached hydrogen (secondary N) is 1. The first-order chi connectivity index (χ1) is 10.1. The molecule has 0 fully saturated rings. The van der Waals surface area contributed by atoms with Gasteiger partial charge in [0.25, 0.3) is 0 Å². The van der Waals surface area contributed by atoms with Gasteiger partial charge in [0.15, 0.2) is 11.6 Å². The number of benzene rings is 1. The predicted molar refractivity (Wildman–Crippen MR) is 81.3 cm³/mol. The van der Waals surface area contributed by atoms with Gasteiger partial charge in [0.05, 0.1) is 6.10 Å². The fourth-order valence-electron chi connectivity index (χ4n) is 2.31. The van der Waals surface area contributed by atoms with Crippen LogP contribution < -0.4 is 5.32 Å². The Balaban J connectivity index is 2.53. The van der Waals surface area contributed by atoms with Crippen molar-refractivity contribution >= 4 is 6.03 Å². The van der Waals surface area contributed by atoms with Crippen molar-refractivity contribution in [1.82, 2.24) is 10.2 Å². The molecule has 0 bridgehead atoms. The fourth-order valence-corrected chi connectivity index (χ4v) is 2.31. The van der Waals surface area contributed by atoms with Crippen molar-refractivity contribution in [2.24, 2.45) is 5.41 Å². The van der Waals surface area contributed by atoms with Gasteiger partial charge in [-0.05, 0) is 36.5 Å². The molecule has 0 heterocycles. The largest absolute Gasteiger partial charge is 0.393 e. The van der Waals surface area contributed by atoms with Crippen LogP contribution in [-0.4, -0.2) is 35.7 Å². The van der Waals surface area contributed by atoms with Crippen molar-refractivity contribution in [3.63, 3.8) is 0 Å². The maximum Gasteiger partial charge on any atom is 0.317 e. The molecule has 124 valence electrons.